The van der Waals surface area contributed by atoms with E-state index in [-0.39, 0.29) is 6.54 Å². The summed E-state index contributed by atoms with van der Waals surface area (Å²) in [5, 5.41) is 8.78. The molecule has 0 unspecified atom stereocenters. The quantitative estimate of drug-likeness (QED) is 0.856. The third kappa shape index (κ3) is 4.45. The van der Waals surface area contributed by atoms with Gasteiger partial charge < -0.3 is 10.0 Å². The average Bonchev–Trinajstić information content (AvgIpc) is 2.46. The van der Waals surface area contributed by atoms with E-state index >= 15 is 0 Å². The summed E-state index contributed by atoms with van der Waals surface area (Å²) in [5.74, 6) is -0.835. The molecule has 0 saturated carbocycles. The van der Waals surface area contributed by atoms with Crippen LogP contribution in [0.3, 0.4) is 0 Å². The van der Waals surface area contributed by atoms with Gasteiger partial charge in [-0.2, -0.15) is 0 Å². The SMILES string of the molecule is CN(CC(=O)O)c1ccc(/C=C/c2cc[n+](C)cc2)cc1. The summed E-state index contributed by atoms with van der Waals surface area (Å²) in [6.07, 6.45) is 8.10. The summed E-state index contributed by atoms with van der Waals surface area (Å²) < 4.78 is 1.99. The molecule has 1 aromatic carbocycles. The van der Waals surface area contributed by atoms with Crippen LogP contribution < -0.4 is 9.47 Å². The minimum Gasteiger partial charge on any atom is -0.480 e. The number of benzene rings is 1. The van der Waals surface area contributed by atoms with Crippen LogP contribution in [0.15, 0.2) is 48.8 Å². The molecule has 1 heterocycles. The van der Waals surface area contributed by atoms with Crippen LogP contribution in [0.2, 0.25) is 0 Å². The molecule has 2 aromatic rings. The first-order valence-corrected chi connectivity index (χ1v) is 6.71. The molecular weight excluding hydrogens is 264 g/mol. The zero-order chi connectivity index (χ0) is 15.2. The number of aromatic nitrogens is 1. The Bertz CT molecular complexity index is 631. The number of carboxylic acids is 1. The van der Waals surface area contributed by atoms with Gasteiger partial charge in [-0.25, -0.2) is 4.57 Å². The van der Waals surface area contributed by atoms with Crippen LogP contribution in [0.4, 0.5) is 5.69 Å². The molecule has 0 spiro atoms. The van der Waals surface area contributed by atoms with Crippen LogP contribution in [0, 0.1) is 0 Å². The number of hydrogen-bond donors (Lipinski definition) is 1. The van der Waals surface area contributed by atoms with Crippen LogP contribution in [0.1, 0.15) is 11.1 Å². The van der Waals surface area contributed by atoms with E-state index in [2.05, 4.69) is 6.08 Å². The topological polar surface area (TPSA) is 44.4 Å². The second-order valence-corrected chi connectivity index (χ2v) is 4.97. The second kappa shape index (κ2) is 6.70. The summed E-state index contributed by atoms with van der Waals surface area (Å²) in [4.78, 5) is 12.4. The number of nitrogens with zero attached hydrogens (tertiary/aromatic N) is 2. The van der Waals surface area contributed by atoms with Gasteiger partial charge in [-0.05, 0) is 23.3 Å². The van der Waals surface area contributed by atoms with Crippen molar-refractivity contribution in [3.63, 3.8) is 0 Å². The van der Waals surface area contributed by atoms with Gasteiger partial charge in [0.05, 0.1) is 0 Å². The highest BCUT2D eigenvalue weighted by Crippen LogP contribution is 2.15. The van der Waals surface area contributed by atoms with Crippen molar-refractivity contribution in [2.45, 2.75) is 0 Å². The van der Waals surface area contributed by atoms with Crippen molar-refractivity contribution in [3.8, 4) is 0 Å². The molecule has 0 atom stereocenters. The molecule has 0 aliphatic heterocycles. The molecule has 0 aliphatic carbocycles. The van der Waals surface area contributed by atoms with E-state index in [1.807, 2.05) is 66.5 Å². The Hall–Kier alpha value is -2.62. The number of aliphatic carboxylic acids is 1. The van der Waals surface area contributed by atoms with Crippen molar-refractivity contribution in [1.82, 2.24) is 0 Å². The van der Waals surface area contributed by atoms with Crippen LogP contribution in [0.25, 0.3) is 12.2 Å². The lowest BCUT2D eigenvalue weighted by atomic mass is 10.1. The van der Waals surface area contributed by atoms with Gasteiger partial charge in [-0.3, -0.25) is 4.79 Å². The third-order valence-electron chi connectivity index (χ3n) is 3.18. The maximum absolute atomic E-state index is 10.7. The second-order valence-electron chi connectivity index (χ2n) is 4.97. The van der Waals surface area contributed by atoms with Crippen molar-refractivity contribution in [2.24, 2.45) is 7.05 Å². The van der Waals surface area contributed by atoms with Crippen molar-refractivity contribution < 1.29 is 14.5 Å². The molecule has 1 N–H and O–H groups in total. The molecule has 0 fully saturated rings. The van der Waals surface area contributed by atoms with Gasteiger partial charge in [0.1, 0.15) is 13.6 Å². The van der Waals surface area contributed by atoms with Gasteiger partial charge in [-0.15, -0.1) is 0 Å². The zero-order valence-corrected chi connectivity index (χ0v) is 12.2. The molecule has 0 saturated heterocycles. The highest BCUT2D eigenvalue weighted by molar-refractivity contribution is 5.74. The fourth-order valence-corrected chi connectivity index (χ4v) is 1.95. The Balaban J connectivity index is 2.05. The minimum atomic E-state index is -0.835. The maximum Gasteiger partial charge on any atom is 0.323 e. The molecule has 0 bridgehead atoms. The van der Waals surface area contributed by atoms with Crippen molar-refractivity contribution in [2.75, 3.05) is 18.5 Å². The smallest absolute Gasteiger partial charge is 0.323 e. The molecule has 0 radical (unpaired) electrons. The average molecular weight is 283 g/mol. The first-order valence-electron chi connectivity index (χ1n) is 6.71. The van der Waals surface area contributed by atoms with E-state index in [0.29, 0.717) is 0 Å². The van der Waals surface area contributed by atoms with Crippen LogP contribution >= 0.6 is 0 Å². The molecule has 21 heavy (non-hydrogen) atoms. The number of carboxylic acid groups (broad SMARTS) is 1. The van der Waals surface area contributed by atoms with E-state index in [1.165, 1.54) is 0 Å². The summed E-state index contributed by atoms with van der Waals surface area (Å²) in [5.41, 5.74) is 3.11. The monoisotopic (exact) mass is 283 g/mol. The predicted molar refractivity (Wildman–Crippen MR) is 83.9 cm³/mol. The Kier molecular flexibility index (Phi) is 4.72. The van der Waals surface area contributed by atoms with E-state index < -0.39 is 5.97 Å². The standard InChI is InChI=1S/C17H18N2O2/c1-18-11-9-15(10-12-18)4-3-14-5-7-16(8-6-14)19(2)13-17(20)21/h3-12H,13H2,1-2H3/p+1. The van der Waals surface area contributed by atoms with Crippen LogP contribution in [0.5, 0.6) is 0 Å². The normalized spacial score (nSPS) is 10.8. The van der Waals surface area contributed by atoms with Gasteiger partial charge in [0.2, 0.25) is 0 Å². The molecule has 0 aliphatic rings. The minimum absolute atomic E-state index is 0.00375. The Morgan fingerprint density at radius 1 is 1.10 bits per heavy atom. The van der Waals surface area contributed by atoms with Crippen molar-refractivity contribution in [1.29, 1.82) is 0 Å². The fourth-order valence-electron chi connectivity index (χ4n) is 1.95. The van der Waals surface area contributed by atoms with Gasteiger partial charge in [0, 0.05) is 24.9 Å². The Morgan fingerprint density at radius 2 is 1.62 bits per heavy atom. The number of rotatable bonds is 5. The Labute approximate surface area is 124 Å². The largest absolute Gasteiger partial charge is 0.480 e. The summed E-state index contributed by atoms with van der Waals surface area (Å²) in [7, 11) is 3.75. The van der Waals surface area contributed by atoms with Gasteiger partial charge >= 0.3 is 5.97 Å². The Morgan fingerprint density at radius 3 is 2.14 bits per heavy atom. The zero-order valence-electron chi connectivity index (χ0n) is 12.2. The molecule has 0 amide bonds. The molecule has 2 rings (SSSR count). The summed E-state index contributed by atoms with van der Waals surface area (Å²) in [6.45, 7) is -0.00375. The number of aryl methyl sites for hydroxylation is 1. The summed E-state index contributed by atoms with van der Waals surface area (Å²) >= 11 is 0. The lowest BCUT2D eigenvalue weighted by molar-refractivity contribution is -0.671. The van der Waals surface area contributed by atoms with Gasteiger partial charge in [0.15, 0.2) is 12.4 Å². The van der Waals surface area contributed by atoms with E-state index in [1.54, 1.807) is 11.9 Å². The number of likely N-dealkylation sites (N-methyl/N-ethyl adjacent to an activating group) is 1. The molecule has 4 heteroatoms. The van der Waals surface area contributed by atoms with E-state index in [0.717, 1.165) is 16.8 Å². The number of carbonyl (C=O) groups is 1. The lowest BCUT2D eigenvalue weighted by Gasteiger charge is -2.16. The molecule has 4 nitrogen and oxygen atoms in total. The lowest BCUT2D eigenvalue weighted by Crippen LogP contribution is -2.25. The van der Waals surface area contributed by atoms with Crippen LogP contribution in [-0.4, -0.2) is 24.7 Å². The first-order chi connectivity index (χ1) is 10.0. The highest BCUT2D eigenvalue weighted by atomic mass is 16.4. The van der Waals surface area contributed by atoms with Gasteiger partial charge in [-0.1, -0.05) is 24.3 Å². The number of anilines is 1. The van der Waals surface area contributed by atoms with Crippen LogP contribution in [-0.2, 0) is 11.8 Å². The first kappa shape index (κ1) is 14.8. The molecule has 108 valence electrons. The predicted octanol–water partition coefficient (Wildman–Crippen LogP) is 2.20. The maximum atomic E-state index is 10.7. The van der Waals surface area contributed by atoms with Crippen molar-refractivity contribution in [3.05, 3.63) is 59.9 Å². The van der Waals surface area contributed by atoms with E-state index in [4.69, 9.17) is 5.11 Å². The fraction of sp³-hybridized carbons (Fsp3) is 0.176. The molecular formula is C17H19N2O2+. The third-order valence-corrected chi connectivity index (χ3v) is 3.18. The highest BCUT2D eigenvalue weighted by Gasteiger charge is 2.04. The number of pyridine rings is 1. The summed E-state index contributed by atoms with van der Waals surface area (Å²) in [6, 6.07) is 11.9. The van der Waals surface area contributed by atoms with Gasteiger partial charge in [0.25, 0.3) is 0 Å². The van der Waals surface area contributed by atoms with E-state index in [9.17, 15) is 4.79 Å². The molecule has 1 aromatic heterocycles. The van der Waals surface area contributed by atoms with Crippen molar-refractivity contribution >= 4 is 23.8 Å². The number of hydrogen-bond acceptors (Lipinski definition) is 2.